The topological polar surface area (TPSA) is 80.9 Å². The summed E-state index contributed by atoms with van der Waals surface area (Å²) in [7, 11) is 0. The van der Waals surface area contributed by atoms with Crippen LogP contribution in [0, 0.1) is 6.92 Å². The molecule has 0 atom stereocenters. The lowest BCUT2D eigenvalue weighted by Gasteiger charge is -2.08. The first-order chi connectivity index (χ1) is 8.59. The van der Waals surface area contributed by atoms with Gasteiger partial charge >= 0.3 is 5.97 Å². The van der Waals surface area contributed by atoms with Gasteiger partial charge in [-0.15, -0.1) is 5.10 Å². The molecule has 0 radical (unpaired) electrons. The van der Waals surface area contributed by atoms with Crippen molar-refractivity contribution in [3.63, 3.8) is 0 Å². The molecular weight excluding hydrogens is 256 g/mol. The van der Waals surface area contributed by atoms with Crippen molar-refractivity contribution >= 4 is 17.6 Å². The number of benzene rings is 1. The summed E-state index contributed by atoms with van der Waals surface area (Å²) < 4.78 is 1.52. The smallest absolute Gasteiger partial charge is 0.303 e. The zero-order chi connectivity index (χ0) is 13.1. The SMILES string of the molecule is Cc1c(Cl)cccc1-n1nnnc1CCC(=O)O. The third-order valence-corrected chi connectivity index (χ3v) is 2.97. The fourth-order valence-corrected chi connectivity index (χ4v) is 1.76. The van der Waals surface area contributed by atoms with Crippen LogP contribution in [0.15, 0.2) is 18.2 Å². The minimum atomic E-state index is -0.882. The van der Waals surface area contributed by atoms with Crippen LogP contribution in [0.5, 0.6) is 0 Å². The van der Waals surface area contributed by atoms with Crippen molar-refractivity contribution in [3.05, 3.63) is 34.6 Å². The van der Waals surface area contributed by atoms with Gasteiger partial charge in [-0.1, -0.05) is 17.7 Å². The number of carboxylic acid groups (broad SMARTS) is 1. The Bertz CT molecular complexity index is 582. The van der Waals surface area contributed by atoms with E-state index in [9.17, 15) is 4.79 Å². The van der Waals surface area contributed by atoms with Gasteiger partial charge in [0.15, 0.2) is 5.82 Å². The minimum Gasteiger partial charge on any atom is -0.481 e. The number of aryl methyl sites for hydroxylation is 1. The van der Waals surface area contributed by atoms with E-state index in [1.807, 2.05) is 13.0 Å². The van der Waals surface area contributed by atoms with Crippen molar-refractivity contribution in [3.8, 4) is 5.69 Å². The Hall–Kier alpha value is -1.95. The lowest BCUT2D eigenvalue weighted by molar-refractivity contribution is -0.137. The van der Waals surface area contributed by atoms with Crippen molar-refractivity contribution in [2.75, 3.05) is 0 Å². The van der Waals surface area contributed by atoms with Gasteiger partial charge in [0.25, 0.3) is 0 Å². The largest absolute Gasteiger partial charge is 0.481 e. The monoisotopic (exact) mass is 266 g/mol. The second-order valence-electron chi connectivity index (χ2n) is 3.78. The highest BCUT2D eigenvalue weighted by molar-refractivity contribution is 6.31. The van der Waals surface area contributed by atoms with Crippen LogP contribution in [0.25, 0.3) is 5.69 Å². The summed E-state index contributed by atoms with van der Waals surface area (Å²) in [5, 5.41) is 20.6. The average molecular weight is 267 g/mol. The lowest BCUT2D eigenvalue weighted by atomic mass is 10.2. The Morgan fingerprint density at radius 2 is 2.28 bits per heavy atom. The molecule has 0 fully saturated rings. The van der Waals surface area contributed by atoms with Crippen molar-refractivity contribution in [2.45, 2.75) is 19.8 Å². The standard InChI is InChI=1S/C11H11ClN4O2/c1-7-8(12)3-2-4-9(7)16-10(13-14-15-16)5-6-11(17)18/h2-4H,5-6H2,1H3,(H,17,18). The number of aromatic nitrogens is 4. The van der Waals surface area contributed by atoms with Crippen LogP contribution in [0.4, 0.5) is 0 Å². The van der Waals surface area contributed by atoms with E-state index >= 15 is 0 Å². The fourth-order valence-electron chi connectivity index (χ4n) is 1.59. The maximum absolute atomic E-state index is 10.6. The van der Waals surface area contributed by atoms with E-state index < -0.39 is 5.97 Å². The summed E-state index contributed by atoms with van der Waals surface area (Å²) in [4.78, 5) is 10.6. The highest BCUT2D eigenvalue weighted by atomic mass is 35.5. The molecule has 0 spiro atoms. The molecular formula is C11H11ClN4O2. The second-order valence-corrected chi connectivity index (χ2v) is 4.19. The molecule has 18 heavy (non-hydrogen) atoms. The lowest BCUT2D eigenvalue weighted by Crippen LogP contribution is -2.07. The van der Waals surface area contributed by atoms with Crippen molar-refractivity contribution < 1.29 is 9.90 Å². The quantitative estimate of drug-likeness (QED) is 0.910. The number of halogens is 1. The maximum Gasteiger partial charge on any atom is 0.303 e. The van der Waals surface area contributed by atoms with Gasteiger partial charge in [0, 0.05) is 11.4 Å². The van der Waals surface area contributed by atoms with Gasteiger partial charge in [-0.3, -0.25) is 4.79 Å². The summed E-state index contributed by atoms with van der Waals surface area (Å²) >= 11 is 6.03. The third kappa shape index (κ3) is 2.48. The summed E-state index contributed by atoms with van der Waals surface area (Å²) in [5.74, 6) is -0.380. The number of rotatable bonds is 4. The summed E-state index contributed by atoms with van der Waals surface area (Å²) in [5.41, 5.74) is 1.61. The predicted molar refractivity (Wildman–Crippen MR) is 64.9 cm³/mol. The number of nitrogens with zero attached hydrogens (tertiary/aromatic N) is 4. The first-order valence-electron chi connectivity index (χ1n) is 5.34. The van der Waals surface area contributed by atoms with Gasteiger partial charge < -0.3 is 5.11 Å². The zero-order valence-corrected chi connectivity index (χ0v) is 10.4. The molecule has 0 aliphatic rings. The Balaban J connectivity index is 2.36. The summed E-state index contributed by atoms with van der Waals surface area (Å²) in [6, 6.07) is 5.41. The first-order valence-corrected chi connectivity index (χ1v) is 5.72. The Labute approximate surface area is 108 Å². The van der Waals surface area contributed by atoms with Gasteiger partial charge in [0.1, 0.15) is 0 Å². The second kappa shape index (κ2) is 5.14. The molecule has 0 aliphatic heterocycles. The molecule has 7 heteroatoms. The van der Waals surface area contributed by atoms with Crippen LogP contribution < -0.4 is 0 Å². The maximum atomic E-state index is 10.6. The van der Waals surface area contributed by atoms with Crippen LogP contribution in [-0.2, 0) is 11.2 Å². The van der Waals surface area contributed by atoms with Crippen LogP contribution in [0.2, 0.25) is 5.02 Å². The average Bonchev–Trinajstić information content (AvgIpc) is 2.78. The Kier molecular flexibility index (Phi) is 3.57. The van der Waals surface area contributed by atoms with E-state index in [1.165, 1.54) is 4.68 Å². The molecule has 2 aromatic rings. The molecule has 0 amide bonds. The van der Waals surface area contributed by atoms with Crippen molar-refractivity contribution in [1.82, 2.24) is 20.2 Å². The molecule has 6 nitrogen and oxygen atoms in total. The highest BCUT2D eigenvalue weighted by Gasteiger charge is 2.12. The van der Waals surface area contributed by atoms with Crippen LogP contribution in [-0.4, -0.2) is 31.3 Å². The van der Waals surface area contributed by atoms with Gasteiger partial charge in [-0.05, 0) is 35.0 Å². The highest BCUT2D eigenvalue weighted by Crippen LogP contribution is 2.22. The van der Waals surface area contributed by atoms with Crippen LogP contribution >= 0.6 is 11.6 Å². The number of aliphatic carboxylic acids is 1. The molecule has 1 N–H and O–H groups in total. The first kappa shape index (κ1) is 12.5. The van der Waals surface area contributed by atoms with E-state index in [1.54, 1.807) is 12.1 Å². The number of carbonyl (C=O) groups is 1. The number of carboxylic acids is 1. The van der Waals surface area contributed by atoms with E-state index in [4.69, 9.17) is 16.7 Å². The van der Waals surface area contributed by atoms with Gasteiger partial charge in [-0.25, -0.2) is 0 Å². The number of hydrogen-bond acceptors (Lipinski definition) is 4. The number of tetrazole rings is 1. The Morgan fingerprint density at radius 3 is 3.00 bits per heavy atom. The summed E-state index contributed by atoms with van der Waals surface area (Å²) in [6.07, 6.45) is 0.258. The molecule has 0 bridgehead atoms. The molecule has 1 aromatic heterocycles. The summed E-state index contributed by atoms with van der Waals surface area (Å²) in [6.45, 7) is 1.86. The predicted octanol–water partition coefficient (Wildman–Crippen LogP) is 1.64. The molecule has 1 heterocycles. The fraction of sp³-hybridized carbons (Fsp3) is 0.273. The zero-order valence-electron chi connectivity index (χ0n) is 9.67. The van der Waals surface area contributed by atoms with Gasteiger partial charge in [0.05, 0.1) is 12.1 Å². The third-order valence-electron chi connectivity index (χ3n) is 2.56. The van der Waals surface area contributed by atoms with Gasteiger partial charge in [-0.2, -0.15) is 4.68 Å². The molecule has 94 valence electrons. The van der Waals surface area contributed by atoms with Crippen LogP contribution in [0.3, 0.4) is 0 Å². The van der Waals surface area contributed by atoms with Crippen molar-refractivity contribution in [2.24, 2.45) is 0 Å². The molecule has 0 unspecified atom stereocenters. The van der Waals surface area contributed by atoms with Crippen LogP contribution in [0.1, 0.15) is 17.8 Å². The molecule has 2 rings (SSSR count). The molecule has 0 aliphatic carbocycles. The Morgan fingerprint density at radius 1 is 1.50 bits per heavy atom. The minimum absolute atomic E-state index is 0.0139. The normalized spacial score (nSPS) is 10.6. The molecule has 0 saturated carbocycles. The van der Waals surface area contributed by atoms with E-state index in [2.05, 4.69) is 15.5 Å². The van der Waals surface area contributed by atoms with Crippen molar-refractivity contribution in [1.29, 1.82) is 0 Å². The molecule has 0 saturated heterocycles. The van der Waals surface area contributed by atoms with E-state index in [-0.39, 0.29) is 12.8 Å². The van der Waals surface area contributed by atoms with E-state index in [0.717, 1.165) is 11.3 Å². The van der Waals surface area contributed by atoms with Gasteiger partial charge in [0.2, 0.25) is 0 Å². The number of hydrogen-bond donors (Lipinski definition) is 1. The molecule has 1 aromatic carbocycles. The van der Waals surface area contributed by atoms with E-state index in [0.29, 0.717) is 10.8 Å².